The summed E-state index contributed by atoms with van der Waals surface area (Å²) < 4.78 is 1.00. The molecular formula is C16H21BrN2O. The second kappa shape index (κ2) is 5.49. The minimum atomic E-state index is 0.161. The number of nitrogens with zero attached hydrogens (tertiary/aromatic N) is 1. The Morgan fingerprint density at radius 2 is 2.05 bits per heavy atom. The van der Waals surface area contributed by atoms with Gasteiger partial charge < -0.3 is 10.6 Å². The summed E-state index contributed by atoms with van der Waals surface area (Å²) in [5.74, 6) is 1.43. The van der Waals surface area contributed by atoms with E-state index >= 15 is 0 Å². The van der Waals surface area contributed by atoms with Crippen molar-refractivity contribution in [2.75, 3.05) is 13.1 Å². The summed E-state index contributed by atoms with van der Waals surface area (Å²) in [4.78, 5) is 14.6. The predicted octanol–water partition coefficient (Wildman–Crippen LogP) is 2.96. The fourth-order valence-electron chi connectivity index (χ4n) is 3.54. The quantitative estimate of drug-likeness (QED) is 0.856. The van der Waals surface area contributed by atoms with Gasteiger partial charge in [0.15, 0.2) is 0 Å². The molecule has 3 atom stereocenters. The third-order valence-electron chi connectivity index (χ3n) is 4.80. The largest absolute Gasteiger partial charge is 0.338 e. The maximum atomic E-state index is 12.6. The lowest BCUT2D eigenvalue weighted by Crippen LogP contribution is -2.32. The van der Waals surface area contributed by atoms with Crippen molar-refractivity contribution in [2.24, 2.45) is 17.6 Å². The highest BCUT2D eigenvalue weighted by molar-refractivity contribution is 9.10. The van der Waals surface area contributed by atoms with E-state index in [4.69, 9.17) is 5.73 Å². The predicted molar refractivity (Wildman–Crippen MR) is 83.6 cm³/mol. The maximum Gasteiger partial charge on any atom is 0.253 e. The van der Waals surface area contributed by atoms with Gasteiger partial charge in [-0.2, -0.15) is 0 Å². The van der Waals surface area contributed by atoms with Gasteiger partial charge in [-0.1, -0.05) is 22.0 Å². The SMILES string of the molecule is Cc1ccc(C(=O)N2C[C@H]3CCC(N)C[C@H]3C2)cc1Br. The lowest BCUT2D eigenvalue weighted by molar-refractivity contribution is 0.0784. The van der Waals surface area contributed by atoms with Gasteiger partial charge in [0.1, 0.15) is 0 Å². The van der Waals surface area contributed by atoms with Crippen LogP contribution in [0.4, 0.5) is 0 Å². The van der Waals surface area contributed by atoms with E-state index in [1.165, 1.54) is 6.42 Å². The lowest BCUT2D eigenvalue weighted by atomic mass is 9.79. The van der Waals surface area contributed by atoms with Crippen LogP contribution in [0.5, 0.6) is 0 Å². The number of carbonyl (C=O) groups excluding carboxylic acids is 1. The number of aryl methyl sites for hydroxylation is 1. The summed E-state index contributed by atoms with van der Waals surface area (Å²) >= 11 is 3.50. The third-order valence-corrected chi connectivity index (χ3v) is 5.65. The van der Waals surface area contributed by atoms with Crippen molar-refractivity contribution >= 4 is 21.8 Å². The smallest absolute Gasteiger partial charge is 0.253 e. The van der Waals surface area contributed by atoms with Gasteiger partial charge in [-0.15, -0.1) is 0 Å². The molecule has 0 bridgehead atoms. The Hall–Kier alpha value is -0.870. The zero-order valence-electron chi connectivity index (χ0n) is 11.8. The molecular weight excluding hydrogens is 316 g/mol. The standard InChI is InChI=1S/C16H21BrN2O/c1-10-2-3-11(7-15(10)17)16(20)19-8-12-4-5-14(18)6-13(12)9-19/h2-3,7,12-14H,4-6,8-9,18H2,1H3/t12-,13+,14?/m1/s1. The van der Waals surface area contributed by atoms with Gasteiger partial charge in [0, 0.05) is 29.2 Å². The van der Waals surface area contributed by atoms with E-state index in [9.17, 15) is 4.79 Å². The van der Waals surface area contributed by atoms with Crippen LogP contribution >= 0.6 is 15.9 Å². The summed E-state index contributed by atoms with van der Waals surface area (Å²) in [5, 5.41) is 0. The van der Waals surface area contributed by atoms with Crippen molar-refractivity contribution in [1.82, 2.24) is 4.90 Å². The number of hydrogen-bond donors (Lipinski definition) is 1. The number of likely N-dealkylation sites (tertiary alicyclic amines) is 1. The summed E-state index contributed by atoms with van der Waals surface area (Å²) in [6.45, 7) is 3.81. The molecule has 1 saturated carbocycles. The first-order valence-corrected chi connectivity index (χ1v) is 8.15. The molecule has 1 amide bonds. The van der Waals surface area contributed by atoms with Crippen molar-refractivity contribution in [3.05, 3.63) is 33.8 Å². The van der Waals surface area contributed by atoms with E-state index in [2.05, 4.69) is 15.9 Å². The Labute approximate surface area is 128 Å². The van der Waals surface area contributed by atoms with Crippen LogP contribution in [0.2, 0.25) is 0 Å². The van der Waals surface area contributed by atoms with Crippen LogP contribution in [0.3, 0.4) is 0 Å². The molecule has 4 heteroatoms. The minimum Gasteiger partial charge on any atom is -0.338 e. The second-order valence-electron chi connectivity index (χ2n) is 6.27. The van der Waals surface area contributed by atoms with Crippen molar-refractivity contribution in [1.29, 1.82) is 0 Å². The molecule has 1 heterocycles. The fraction of sp³-hybridized carbons (Fsp3) is 0.562. The molecule has 3 rings (SSSR count). The number of hydrogen-bond acceptors (Lipinski definition) is 2. The van der Waals surface area contributed by atoms with E-state index in [1.807, 2.05) is 30.0 Å². The van der Waals surface area contributed by atoms with Crippen LogP contribution in [0, 0.1) is 18.8 Å². The van der Waals surface area contributed by atoms with E-state index in [-0.39, 0.29) is 5.91 Å². The number of fused-ring (bicyclic) bond motifs is 1. The topological polar surface area (TPSA) is 46.3 Å². The van der Waals surface area contributed by atoms with Crippen LogP contribution in [0.25, 0.3) is 0 Å². The van der Waals surface area contributed by atoms with Gasteiger partial charge >= 0.3 is 0 Å². The highest BCUT2D eigenvalue weighted by atomic mass is 79.9. The van der Waals surface area contributed by atoms with Crippen LogP contribution < -0.4 is 5.73 Å². The van der Waals surface area contributed by atoms with Gasteiger partial charge in [0.25, 0.3) is 5.91 Å². The second-order valence-corrected chi connectivity index (χ2v) is 7.12. The Bertz CT molecular complexity index is 531. The van der Waals surface area contributed by atoms with Crippen molar-refractivity contribution in [2.45, 2.75) is 32.2 Å². The van der Waals surface area contributed by atoms with E-state index in [0.717, 1.165) is 41.5 Å². The average molecular weight is 337 g/mol. The average Bonchev–Trinajstić information content (AvgIpc) is 2.84. The molecule has 0 radical (unpaired) electrons. The summed E-state index contributed by atoms with van der Waals surface area (Å²) in [5.41, 5.74) is 7.99. The normalized spacial score (nSPS) is 29.4. The molecule has 1 aliphatic carbocycles. The van der Waals surface area contributed by atoms with Gasteiger partial charge in [-0.3, -0.25) is 4.79 Å². The molecule has 0 spiro atoms. The monoisotopic (exact) mass is 336 g/mol. The molecule has 20 heavy (non-hydrogen) atoms. The molecule has 0 aromatic heterocycles. The molecule has 2 N–H and O–H groups in total. The Kier molecular flexibility index (Phi) is 3.87. The summed E-state index contributed by atoms with van der Waals surface area (Å²) in [6, 6.07) is 6.19. The molecule has 2 aliphatic rings. The minimum absolute atomic E-state index is 0.161. The van der Waals surface area contributed by atoms with Gasteiger partial charge in [0.2, 0.25) is 0 Å². The van der Waals surface area contributed by atoms with Crippen molar-refractivity contribution in [3.8, 4) is 0 Å². The van der Waals surface area contributed by atoms with Crippen LogP contribution in [0.1, 0.15) is 35.2 Å². The molecule has 2 fully saturated rings. The van der Waals surface area contributed by atoms with E-state index in [1.54, 1.807) is 0 Å². The number of carbonyl (C=O) groups is 1. The summed E-state index contributed by atoms with van der Waals surface area (Å²) in [6.07, 6.45) is 3.36. The van der Waals surface area contributed by atoms with Gasteiger partial charge in [-0.05, 0) is 55.7 Å². The Morgan fingerprint density at radius 1 is 1.30 bits per heavy atom. The van der Waals surface area contributed by atoms with E-state index < -0.39 is 0 Å². The third kappa shape index (κ3) is 2.63. The number of amides is 1. The van der Waals surface area contributed by atoms with Gasteiger partial charge in [-0.25, -0.2) is 0 Å². The number of rotatable bonds is 1. The maximum absolute atomic E-state index is 12.6. The van der Waals surface area contributed by atoms with Crippen molar-refractivity contribution in [3.63, 3.8) is 0 Å². The highest BCUT2D eigenvalue weighted by Crippen LogP contribution is 2.36. The number of nitrogens with two attached hydrogens (primary N) is 1. The molecule has 1 aromatic rings. The highest BCUT2D eigenvalue weighted by Gasteiger charge is 2.38. The number of benzene rings is 1. The zero-order chi connectivity index (χ0) is 14.3. The molecule has 1 aromatic carbocycles. The molecule has 1 unspecified atom stereocenters. The van der Waals surface area contributed by atoms with E-state index in [0.29, 0.717) is 17.9 Å². The zero-order valence-corrected chi connectivity index (χ0v) is 13.4. The van der Waals surface area contributed by atoms with Gasteiger partial charge in [0.05, 0.1) is 0 Å². The molecule has 1 aliphatic heterocycles. The first kappa shape index (κ1) is 14.1. The fourth-order valence-corrected chi connectivity index (χ4v) is 3.92. The summed E-state index contributed by atoms with van der Waals surface area (Å²) in [7, 11) is 0. The molecule has 108 valence electrons. The van der Waals surface area contributed by atoms with Crippen LogP contribution in [-0.4, -0.2) is 29.9 Å². The van der Waals surface area contributed by atoms with Crippen LogP contribution in [0.15, 0.2) is 22.7 Å². The Morgan fingerprint density at radius 3 is 2.80 bits per heavy atom. The molecule has 3 nitrogen and oxygen atoms in total. The number of halogens is 1. The molecule has 1 saturated heterocycles. The first-order chi connectivity index (χ1) is 9.54. The first-order valence-electron chi connectivity index (χ1n) is 7.35. The van der Waals surface area contributed by atoms with Crippen LogP contribution in [-0.2, 0) is 0 Å². The van der Waals surface area contributed by atoms with Crippen molar-refractivity contribution < 1.29 is 4.79 Å². The lowest BCUT2D eigenvalue weighted by Gasteiger charge is -2.27. The Balaban J connectivity index is 1.73.